The molecule has 0 unspecified atom stereocenters. The highest BCUT2D eigenvalue weighted by Gasteiger charge is 2.25. The van der Waals surface area contributed by atoms with Gasteiger partial charge in [-0.3, -0.25) is 0 Å². The average molecular weight is 314 g/mol. The SMILES string of the molecule is COCCN(Cc1ccccc1)c1c(F)c(F)nc(F)c1F. The molecule has 0 aliphatic carbocycles. The molecule has 0 spiro atoms. The van der Waals surface area contributed by atoms with Crippen LogP contribution in [0.2, 0.25) is 0 Å². The molecule has 2 aromatic rings. The number of anilines is 1. The van der Waals surface area contributed by atoms with Gasteiger partial charge in [0.15, 0.2) is 0 Å². The summed E-state index contributed by atoms with van der Waals surface area (Å²) in [7, 11) is 1.42. The van der Waals surface area contributed by atoms with Crippen LogP contribution in [0.5, 0.6) is 0 Å². The Morgan fingerprint density at radius 3 is 2.14 bits per heavy atom. The smallest absolute Gasteiger partial charge is 0.253 e. The second kappa shape index (κ2) is 7.22. The first-order chi connectivity index (χ1) is 10.5. The van der Waals surface area contributed by atoms with Crippen LogP contribution in [0.1, 0.15) is 5.56 Å². The van der Waals surface area contributed by atoms with E-state index >= 15 is 0 Å². The van der Waals surface area contributed by atoms with E-state index in [0.29, 0.717) is 0 Å². The topological polar surface area (TPSA) is 25.4 Å². The van der Waals surface area contributed by atoms with Crippen molar-refractivity contribution in [3.05, 3.63) is 59.4 Å². The summed E-state index contributed by atoms with van der Waals surface area (Å²) in [5.74, 6) is -6.40. The molecule has 0 N–H and O–H groups in total. The Bertz CT molecular complexity index is 611. The maximum Gasteiger partial charge on any atom is 0.253 e. The first-order valence-corrected chi connectivity index (χ1v) is 6.52. The van der Waals surface area contributed by atoms with Crippen molar-refractivity contribution in [1.82, 2.24) is 4.98 Å². The van der Waals surface area contributed by atoms with Crippen molar-refractivity contribution in [2.24, 2.45) is 0 Å². The molecular weight excluding hydrogens is 300 g/mol. The van der Waals surface area contributed by atoms with Crippen LogP contribution in [0.3, 0.4) is 0 Å². The highest BCUT2D eigenvalue weighted by Crippen LogP contribution is 2.27. The summed E-state index contributed by atoms with van der Waals surface area (Å²) < 4.78 is 59.3. The molecule has 3 nitrogen and oxygen atoms in total. The van der Waals surface area contributed by atoms with Crippen LogP contribution in [0, 0.1) is 23.5 Å². The predicted molar refractivity (Wildman–Crippen MR) is 73.4 cm³/mol. The molecule has 0 saturated carbocycles. The van der Waals surface area contributed by atoms with Crippen LogP contribution in [0.15, 0.2) is 30.3 Å². The van der Waals surface area contributed by atoms with Crippen molar-refractivity contribution in [1.29, 1.82) is 0 Å². The van der Waals surface area contributed by atoms with Crippen molar-refractivity contribution >= 4 is 5.69 Å². The maximum absolute atomic E-state index is 13.9. The fourth-order valence-electron chi connectivity index (χ4n) is 2.03. The third-order valence-electron chi connectivity index (χ3n) is 3.07. The summed E-state index contributed by atoms with van der Waals surface area (Å²) in [6.45, 7) is 0.264. The zero-order chi connectivity index (χ0) is 16.1. The van der Waals surface area contributed by atoms with Crippen molar-refractivity contribution in [3.8, 4) is 0 Å². The summed E-state index contributed by atoms with van der Waals surface area (Å²) in [5.41, 5.74) is -0.0547. The molecule has 7 heteroatoms. The van der Waals surface area contributed by atoms with Crippen molar-refractivity contribution < 1.29 is 22.3 Å². The second-order valence-electron chi connectivity index (χ2n) is 4.57. The fourth-order valence-corrected chi connectivity index (χ4v) is 2.03. The van der Waals surface area contributed by atoms with Gasteiger partial charge in [-0.2, -0.15) is 22.5 Å². The lowest BCUT2D eigenvalue weighted by Crippen LogP contribution is -2.29. The quantitative estimate of drug-likeness (QED) is 0.604. The zero-order valence-electron chi connectivity index (χ0n) is 11.8. The summed E-state index contributed by atoms with van der Waals surface area (Å²) in [6, 6.07) is 8.78. The molecule has 1 aromatic heterocycles. The lowest BCUT2D eigenvalue weighted by Gasteiger charge is -2.25. The molecule has 118 valence electrons. The van der Waals surface area contributed by atoms with Gasteiger partial charge in [0.2, 0.25) is 11.6 Å². The number of nitrogens with zero attached hydrogens (tertiary/aromatic N) is 2. The minimum atomic E-state index is -1.68. The van der Waals surface area contributed by atoms with E-state index in [1.807, 2.05) is 0 Å². The summed E-state index contributed by atoms with van der Waals surface area (Å²) in [5, 5.41) is 0. The number of hydrogen-bond acceptors (Lipinski definition) is 3. The Labute approximate surface area is 125 Å². The van der Waals surface area contributed by atoms with Gasteiger partial charge in [0.1, 0.15) is 5.69 Å². The number of ether oxygens (including phenoxy) is 1. The van der Waals surface area contributed by atoms with Gasteiger partial charge in [-0.1, -0.05) is 30.3 Å². The molecule has 1 aromatic carbocycles. The van der Waals surface area contributed by atoms with E-state index in [9.17, 15) is 17.6 Å². The molecule has 0 amide bonds. The van der Waals surface area contributed by atoms with Crippen LogP contribution < -0.4 is 4.90 Å². The minimum Gasteiger partial charge on any atom is -0.383 e. The lowest BCUT2D eigenvalue weighted by molar-refractivity contribution is 0.204. The molecule has 0 atom stereocenters. The highest BCUT2D eigenvalue weighted by molar-refractivity contribution is 5.49. The summed E-state index contributed by atoms with van der Waals surface area (Å²) in [6.07, 6.45) is 0. The molecule has 0 bridgehead atoms. The van der Waals surface area contributed by atoms with Gasteiger partial charge >= 0.3 is 0 Å². The van der Waals surface area contributed by atoms with E-state index < -0.39 is 29.2 Å². The number of methoxy groups -OCH3 is 1. The molecule has 2 rings (SSSR count). The van der Waals surface area contributed by atoms with Crippen molar-refractivity contribution in [2.45, 2.75) is 6.54 Å². The first kappa shape index (κ1) is 16.2. The number of rotatable bonds is 6. The van der Waals surface area contributed by atoms with Gasteiger partial charge in [0.05, 0.1) is 6.61 Å². The Hall–Kier alpha value is -2.15. The molecule has 0 radical (unpaired) electrons. The van der Waals surface area contributed by atoms with Gasteiger partial charge in [0.25, 0.3) is 11.9 Å². The number of hydrogen-bond donors (Lipinski definition) is 0. The number of aromatic nitrogens is 1. The van der Waals surface area contributed by atoms with E-state index in [1.165, 1.54) is 12.0 Å². The Kier molecular flexibility index (Phi) is 5.32. The third-order valence-corrected chi connectivity index (χ3v) is 3.07. The molecule has 0 saturated heterocycles. The van der Waals surface area contributed by atoms with Gasteiger partial charge < -0.3 is 9.64 Å². The minimum absolute atomic E-state index is 0.0577. The summed E-state index contributed by atoms with van der Waals surface area (Å²) >= 11 is 0. The summed E-state index contributed by atoms with van der Waals surface area (Å²) in [4.78, 5) is 3.74. The third kappa shape index (κ3) is 3.54. The number of pyridine rings is 1. The molecule has 22 heavy (non-hydrogen) atoms. The van der Waals surface area contributed by atoms with Gasteiger partial charge in [0, 0.05) is 20.2 Å². The second-order valence-corrected chi connectivity index (χ2v) is 4.57. The number of halogens is 4. The largest absolute Gasteiger partial charge is 0.383 e. The molecule has 0 fully saturated rings. The maximum atomic E-state index is 13.9. The normalized spacial score (nSPS) is 10.8. The first-order valence-electron chi connectivity index (χ1n) is 6.52. The lowest BCUT2D eigenvalue weighted by atomic mass is 10.2. The Balaban J connectivity index is 2.41. The van der Waals surface area contributed by atoms with Crippen molar-refractivity contribution in [2.75, 3.05) is 25.2 Å². The van der Waals surface area contributed by atoms with Crippen LogP contribution in [0.4, 0.5) is 23.2 Å². The molecular formula is C15H14F4N2O. The standard InChI is InChI=1S/C15H14F4N2O/c1-22-8-7-21(9-10-5-3-2-4-6-10)13-11(16)14(18)20-15(19)12(13)17/h2-6H,7-9H2,1H3. The predicted octanol–water partition coefficient (Wildman–Crippen LogP) is 3.29. The van der Waals surface area contributed by atoms with E-state index in [-0.39, 0.29) is 19.7 Å². The van der Waals surface area contributed by atoms with Gasteiger partial charge in [-0.25, -0.2) is 0 Å². The highest BCUT2D eigenvalue weighted by atomic mass is 19.2. The van der Waals surface area contributed by atoms with E-state index in [1.54, 1.807) is 30.3 Å². The Morgan fingerprint density at radius 2 is 1.59 bits per heavy atom. The van der Waals surface area contributed by atoms with E-state index in [4.69, 9.17) is 4.74 Å². The molecule has 1 heterocycles. The van der Waals surface area contributed by atoms with Crippen LogP contribution in [-0.4, -0.2) is 25.2 Å². The van der Waals surface area contributed by atoms with Crippen LogP contribution >= 0.6 is 0 Å². The monoisotopic (exact) mass is 314 g/mol. The van der Waals surface area contributed by atoms with Gasteiger partial charge in [-0.15, -0.1) is 0 Å². The zero-order valence-corrected chi connectivity index (χ0v) is 11.8. The fraction of sp³-hybridized carbons (Fsp3) is 0.267. The van der Waals surface area contributed by atoms with E-state index in [0.717, 1.165) is 5.56 Å². The molecule has 0 aliphatic heterocycles. The Morgan fingerprint density at radius 1 is 1.00 bits per heavy atom. The van der Waals surface area contributed by atoms with Crippen molar-refractivity contribution in [3.63, 3.8) is 0 Å². The van der Waals surface area contributed by atoms with Crippen LogP contribution in [-0.2, 0) is 11.3 Å². The van der Waals surface area contributed by atoms with Gasteiger partial charge in [-0.05, 0) is 5.56 Å². The van der Waals surface area contributed by atoms with E-state index in [2.05, 4.69) is 4.98 Å². The number of benzene rings is 1. The molecule has 0 aliphatic rings. The average Bonchev–Trinajstić information content (AvgIpc) is 2.51. The van der Waals surface area contributed by atoms with Crippen LogP contribution in [0.25, 0.3) is 0 Å².